The minimum absolute atomic E-state index is 0.0364. The minimum Gasteiger partial charge on any atom is -0.457 e. The monoisotopic (exact) mass is 1260 g/mol. The van der Waals surface area contributed by atoms with Crippen LogP contribution in [-0.4, -0.2) is 47.3 Å². The third kappa shape index (κ3) is 11.7. The highest BCUT2D eigenvalue weighted by Crippen LogP contribution is 2.44. The van der Waals surface area contributed by atoms with E-state index in [-0.39, 0.29) is 52.5 Å². The van der Waals surface area contributed by atoms with Gasteiger partial charge in [0.25, 0.3) is 47.3 Å². The number of hydrogen-bond acceptors (Lipinski definition) is 10. The van der Waals surface area contributed by atoms with Crippen molar-refractivity contribution in [2.75, 3.05) is 19.6 Å². The number of carbonyl (C=O) groups is 8. The second-order valence-corrected chi connectivity index (χ2v) is 26.2. The van der Waals surface area contributed by atoms with Crippen LogP contribution in [-0.2, 0) is 63.1 Å². The van der Waals surface area contributed by atoms with Crippen LogP contribution in [0.1, 0.15) is 200 Å². The quantitative estimate of drug-likeness (QED) is 0.0670. The van der Waals surface area contributed by atoms with Crippen molar-refractivity contribution in [1.29, 1.82) is 0 Å². The molecule has 0 aromatic heterocycles. The fourth-order valence-corrected chi connectivity index (χ4v) is 14.0. The molecule has 0 aliphatic carbocycles. The van der Waals surface area contributed by atoms with Gasteiger partial charge < -0.3 is 9.47 Å². The number of anilines is 4. The predicted octanol–water partition coefficient (Wildman–Crippen LogP) is 16.4. The average molecular weight is 1270 g/mol. The standard InChI is InChI=1S/C81H76N4O10/c1-13-53-37-51(38-54(14-2)75(53)83-71(88)31-32-72(83)89)36-52-39-55(15-3)76(56(16-4)40-52)85-78(91)64-28-26-62(44-68(64)80(85)93)95-60-23-19-58(20-24-60)81(11,12)57-17-21-59(22-18-57)94-61-25-27-63-67(43-61)79(92)84(77(63)90)74-48(10)34-50(42-66(74)46(7)8)35-49-33-47(9)73(65(41-49)45(5)6)82-69(86)29-30-70(82)87/h17-34,37-46H,13-16,35-36H2,1-12H3. The Balaban J connectivity index is 0.702. The minimum atomic E-state index is -0.458. The van der Waals surface area contributed by atoms with Gasteiger partial charge >= 0.3 is 0 Å². The number of carbonyl (C=O) groups excluding carboxylic acids is 8. The summed E-state index contributed by atoms with van der Waals surface area (Å²) in [6.07, 6.45) is 8.79. The van der Waals surface area contributed by atoms with E-state index in [0.717, 1.165) is 77.9 Å². The fraction of sp³-hybridized carbons (Fsp3) is 0.259. The molecule has 4 aliphatic rings. The van der Waals surface area contributed by atoms with E-state index in [4.69, 9.17) is 9.47 Å². The maximum absolute atomic E-state index is 14.5. The normalized spacial score (nSPS) is 14.5. The van der Waals surface area contributed by atoms with Gasteiger partial charge in [0, 0.05) is 29.7 Å². The number of hydrogen-bond donors (Lipinski definition) is 0. The molecule has 0 saturated carbocycles. The molecule has 4 heterocycles. The summed E-state index contributed by atoms with van der Waals surface area (Å²) in [5.74, 6) is -1.10. The number of imide groups is 4. The first-order valence-electron chi connectivity index (χ1n) is 32.7. The Bertz CT molecular complexity index is 4400. The van der Waals surface area contributed by atoms with Gasteiger partial charge in [-0.15, -0.1) is 0 Å². The molecule has 14 heteroatoms. The molecule has 0 atom stereocenters. The van der Waals surface area contributed by atoms with E-state index in [1.54, 1.807) is 36.4 Å². The van der Waals surface area contributed by atoms with E-state index in [2.05, 4.69) is 50.2 Å². The molecule has 0 N–H and O–H groups in total. The van der Waals surface area contributed by atoms with E-state index >= 15 is 0 Å². The molecule has 12 rings (SSSR count). The maximum atomic E-state index is 14.5. The highest BCUT2D eigenvalue weighted by Gasteiger charge is 2.42. The van der Waals surface area contributed by atoms with E-state index in [0.29, 0.717) is 95.4 Å². The van der Waals surface area contributed by atoms with Gasteiger partial charge in [-0.2, -0.15) is 0 Å². The Morgan fingerprint density at radius 1 is 0.347 bits per heavy atom. The first-order chi connectivity index (χ1) is 45.4. The first-order valence-corrected chi connectivity index (χ1v) is 32.7. The first kappa shape index (κ1) is 64.5. The molecule has 8 aromatic carbocycles. The summed E-state index contributed by atoms with van der Waals surface area (Å²) in [6.45, 7) is 24.3. The summed E-state index contributed by atoms with van der Waals surface area (Å²) >= 11 is 0. The largest absolute Gasteiger partial charge is 0.457 e. The third-order valence-electron chi connectivity index (χ3n) is 18.9. The second-order valence-electron chi connectivity index (χ2n) is 26.2. The van der Waals surface area contributed by atoms with Gasteiger partial charge in [-0.3, -0.25) is 38.4 Å². The van der Waals surface area contributed by atoms with Crippen molar-refractivity contribution in [2.45, 2.75) is 139 Å². The summed E-state index contributed by atoms with van der Waals surface area (Å²) in [6, 6.07) is 42.0. The number of nitrogens with zero attached hydrogens (tertiary/aromatic N) is 4. The van der Waals surface area contributed by atoms with Crippen molar-refractivity contribution >= 4 is 70.0 Å². The predicted molar refractivity (Wildman–Crippen MR) is 370 cm³/mol. The highest BCUT2D eigenvalue weighted by atomic mass is 16.5. The summed E-state index contributed by atoms with van der Waals surface area (Å²) in [5, 5.41) is 0. The molecular formula is C81H76N4O10. The number of aryl methyl sites for hydroxylation is 6. The Morgan fingerprint density at radius 2 is 0.642 bits per heavy atom. The van der Waals surface area contributed by atoms with Crippen molar-refractivity contribution in [3.8, 4) is 23.0 Å². The van der Waals surface area contributed by atoms with Crippen molar-refractivity contribution < 1.29 is 47.8 Å². The molecule has 0 saturated heterocycles. The Labute approximate surface area is 554 Å². The lowest BCUT2D eigenvalue weighted by atomic mass is 9.78. The van der Waals surface area contributed by atoms with E-state index in [1.165, 1.54) is 43.9 Å². The molecule has 480 valence electrons. The number of fused-ring (bicyclic) bond motifs is 2. The molecule has 0 unspecified atom stereocenters. The Kier molecular flexibility index (Phi) is 17.2. The van der Waals surface area contributed by atoms with Gasteiger partial charge in [-0.1, -0.05) is 142 Å². The van der Waals surface area contributed by atoms with Crippen LogP contribution in [0, 0.1) is 13.8 Å². The topological polar surface area (TPSA) is 168 Å². The van der Waals surface area contributed by atoms with Gasteiger partial charge in [0.05, 0.1) is 45.0 Å². The van der Waals surface area contributed by atoms with E-state index in [9.17, 15) is 38.4 Å². The number of benzene rings is 8. The molecule has 8 aromatic rings. The van der Waals surface area contributed by atoms with Gasteiger partial charge in [0.15, 0.2) is 0 Å². The van der Waals surface area contributed by atoms with Crippen molar-refractivity contribution in [1.82, 2.24) is 0 Å². The van der Waals surface area contributed by atoms with Crippen LogP contribution in [0.5, 0.6) is 23.0 Å². The van der Waals surface area contributed by atoms with Crippen LogP contribution in [0.2, 0.25) is 0 Å². The van der Waals surface area contributed by atoms with Gasteiger partial charge in [-0.25, -0.2) is 19.6 Å². The summed E-state index contributed by atoms with van der Waals surface area (Å²) in [4.78, 5) is 114. The zero-order chi connectivity index (χ0) is 67.6. The molecule has 0 spiro atoms. The summed E-state index contributed by atoms with van der Waals surface area (Å²) in [5.41, 5.74) is 16.2. The third-order valence-corrected chi connectivity index (χ3v) is 18.9. The lowest BCUT2D eigenvalue weighted by molar-refractivity contribution is -0.121. The number of amides is 8. The van der Waals surface area contributed by atoms with Crippen LogP contribution >= 0.6 is 0 Å². The van der Waals surface area contributed by atoms with Crippen molar-refractivity contribution in [2.24, 2.45) is 0 Å². The Morgan fingerprint density at radius 3 is 0.989 bits per heavy atom. The zero-order valence-corrected chi connectivity index (χ0v) is 55.8. The summed E-state index contributed by atoms with van der Waals surface area (Å²) in [7, 11) is 0. The molecule has 0 fully saturated rings. The van der Waals surface area contributed by atoms with Crippen LogP contribution in [0.15, 0.2) is 158 Å². The summed E-state index contributed by atoms with van der Waals surface area (Å²) < 4.78 is 12.7. The molecule has 14 nitrogen and oxygen atoms in total. The van der Waals surface area contributed by atoms with Gasteiger partial charge in [-0.05, 0) is 203 Å². The lowest BCUT2D eigenvalue weighted by Gasteiger charge is -2.26. The van der Waals surface area contributed by atoms with Gasteiger partial charge in [0.1, 0.15) is 23.0 Å². The molecule has 0 bridgehead atoms. The molecular weight excluding hydrogens is 1190 g/mol. The number of rotatable bonds is 20. The van der Waals surface area contributed by atoms with E-state index in [1.807, 2.05) is 130 Å². The molecule has 4 aliphatic heterocycles. The van der Waals surface area contributed by atoms with Crippen molar-refractivity contribution in [3.05, 3.63) is 258 Å². The molecule has 0 radical (unpaired) electrons. The zero-order valence-electron chi connectivity index (χ0n) is 55.8. The van der Waals surface area contributed by atoms with Crippen molar-refractivity contribution in [3.63, 3.8) is 0 Å². The van der Waals surface area contributed by atoms with Crippen LogP contribution in [0.4, 0.5) is 22.7 Å². The molecule has 8 amide bonds. The Hall–Kier alpha value is -10.6. The van der Waals surface area contributed by atoms with Crippen LogP contribution < -0.4 is 29.1 Å². The van der Waals surface area contributed by atoms with Gasteiger partial charge in [0.2, 0.25) is 0 Å². The SMILES string of the molecule is CCc1cc(Cc2cc(CC)c(N3C(=O)c4ccc(Oc5ccc(C(C)(C)c6ccc(Oc7ccc8c(c7)C(=O)N(c7c(C)cc(Cc9cc(C)c(N%10C(=O)C=CC%10=O)c(C(C)C)c9)cc7C(C)C)C8=O)cc6)cc5)cc4C3=O)c(CC)c2)cc(CC)c1N1C(=O)C=CC1=O. The van der Waals surface area contributed by atoms with Crippen LogP contribution in [0.3, 0.4) is 0 Å². The van der Waals surface area contributed by atoms with E-state index < -0.39 is 23.1 Å². The maximum Gasteiger partial charge on any atom is 0.266 e. The highest BCUT2D eigenvalue weighted by molar-refractivity contribution is 6.36. The smallest absolute Gasteiger partial charge is 0.266 e. The number of ether oxygens (including phenoxy) is 2. The van der Waals surface area contributed by atoms with Crippen LogP contribution in [0.25, 0.3) is 0 Å². The second kappa shape index (κ2) is 25.4. The fourth-order valence-electron chi connectivity index (χ4n) is 14.0. The average Bonchev–Trinajstić information content (AvgIpc) is 1.63. The lowest BCUT2D eigenvalue weighted by Crippen LogP contribution is -2.31. The molecule has 95 heavy (non-hydrogen) atoms.